The highest BCUT2D eigenvalue weighted by Crippen LogP contribution is 2.30. The summed E-state index contributed by atoms with van der Waals surface area (Å²) in [6.45, 7) is 10.7. The van der Waals surface area contributed by atoms with E-state index in [1.807, 2.05) is 6.92 Å². The van der Waals surface area contributed by atoms with Gasteiger partial charge in [0.1, 0.15) is 5.82 Å². The first-order valence-corrected chi connectivity index (χ1v) is 6.20. The Balaban J connectivity index is 2.95. The first kappa shape index (κ1) is 13.3. The Labute approximate surface area is 106 Å². The molecule has 1 atom stereocenters. The van der Waals surface area contributed by atoms with Crippen molar-refractivity contribution in [3.63, 3.8) is 0 Å². The van der Waals surface area contributed by atoms with Gasteiger partial charge in [0.25, 0.3) is 0 Å². The van der Waals surface area contributed by atoms with Crippen molar-refractivity contribution in [2.24, 2.45) is 5.41 Å². The standard InChI is InChI=1S/C12H20BrN3/c1-7-9(14)6-15-11(10(7)13)16-8(2)12(3,4)5/h6,8H,14H2,1-5H3,(H,15,16). The van der Waals surface area contributed by atoms with Crippen molar-refractivity contribution >= 4 is 27.4 Å². The molecule has 1 aromatic heterocycles. The molecule has 4 heteroatoms. The normalized spacial score (nSPS) is 13.6. The third kappa shape index (κ3) is 2.88. The van der Waals surface area contributed by atoms with Crippen molar-refractivity contribution in [2.75, 3.05) is 11.1 Å². The zero-order valence-corrected chi connectivity index (χ0v) is 12.1. The van der Waals surface area contributed by atoms with Crippen LogP contribution in [0, 0.1) is 12.3 Å². The Kier molecular flexibility index (Phi) is 3.84. The number of aromatic nitrogens is 1. The van der Waals surface area contributed by atoms with E-state index in [0.29, 0.717) is 11.7 Å². The molecule has 16 heavy (non-hydrogen) atoms. The van der Waals surface area contributed by atoms with E-state index in [2.05, 4.69) is 53.9 Å². The number of anilines is 2. The van der Waals surface area contributed by atoms with Gasteiger partial charge in [-0.15, -0.1) is 0 Å². The van der Waals surface area contributed by atoms with E-state index >= 15 is 0 Å². The number of hydrogen-bond acceptors (Lipinski definition) is 3. The van der Waals surface area contributed by atoms with E-state index in [-0.39, 0.29) is 5.41 Å². The zero-order valence-electron chi connectivity index (χ0n) is 10.6. The van der Waals surface area contributed by atoms with Gasteiger partial charge in [0.2, 0.25) is 0 Å². The maximum atomic E-state index is 5.79. The summed E-state index contributed by atoms with van der Waals surface area (Å²) in [5.41, 5.74) is 7.71. The van der Waals surface area contributed by atoms with Crippen LogP contribution in [0.1, 0.15) is 33.3 Å². The molecule has 0 aliphatic carbocycles. The van der Waals surface area contributed by atoms with Crippen LogP contribution in [-0.2, 0) is 0 Å². The van der Waals surface area contributed by atoms with E-state index in [1.54, 1.807) is 6.20 Å². The second-order valence-electron chi connectivity index (χ2n) is 5.23. The lowest BCUT2D eigenvalue weighted by atomic mass is 9.88. The van der Waals surface area contributed by atoms with Gasteiger partial charge in [0, 0.05) is 6.04 Å². The van der Waals surface area contributed by atoms with Crippen LogP contribution in [0.2, 0.25) is 0 Å². The molecule has 1 unspecified atom stereocenters. The van der Waals surface area contributed by atoms with Crippen molar-refractivity contribution in [1.82, 2.24) is 4.98 Å². The molecule has 0 spiro atoms. The predicted octanol–water partition coefficient (Wildman–Crippen LogP) is 3.58. The monoisotopic (exact) mass is 285 g/mol. The molecule has 0 saturated carbocycles. The SMILES string of the molecule is Cc1c(N)cnc(NC(C)C(C)(C)C)c1Br. The number of nitrogens with one attached hydrogen (secondary N) is 1. The molecule has 1 rings (SSSR count). The number of halogens is 1. The molecular formula is C12H20BrN3. The molecule has 1 heterocycles. The third-order valence-corrected chi connectivity index (χ3v) is 3.93. The fraction of sp³-hybridized carbons (Fsp3) is 0.583. The molecule has 3 N–H and O–H groups in total. The maximum Gasteiger partial charge on any atom is 0.140 e. The minimum atomic E-state index is 0.191. The highest BCUT2D eigenvalue weighted by Gasteiger charge is 2.21. The zero-order chi connectivity index (χ0) is 12.5. The van der Waals surface area contributed by atoms with E-state index < -0.39 is 0 Å². The second-order valence-corrected chi connectivity index (χ2v) is 6.03. The number of nitrogens with zero attached hydrogens (tertiary/aromatic N) is 1. The lowest BCUT2D eigenvalue weighted by Crippen LogP contribution is -2.31. The molecule has 0 fully saturated rings. The van der Waals surface area contributed by atoms with Crippen LogP contribution in [0.15, 0.2) is 10.7 Å². The van der Waals surface area contributed by atoms with Gasteiger partial charge in [-0.05, 0) is 40.8 Å². The molecule has 0 aliphatic rings. The number of pyridine rings is 1. The molecule has 0 aliphatic heterocycles. The summed E-state index contributed by atoms with van der Waals surface area (Å²) < 4.78 is 0.948. The van der Waals surface area contributed by atoms with Crippen LogP contribution >= 0.6 is 15.9 Å². The molecule has 0 saturated heterocycles. The first-order valence-electron chi connectivity index (χ1n) is 5.40. The molecule has 0 radical (unpaired) electrons. The Hall–Kier alpha value is -0.770. The molecule has 0 amide bonds. The van der Waals surface area contributed by atoms with Gasteiger partial charge in [-0.3, -0.25) is 0 Å². The van der Waals surface area contributed by atoms with Crippen LogP contribution in [0.5, 0.6) is 0 Å². The molecule has 3 nitrogen and oxygen atoms in total. The van der Waals surface area contributed by atoms with Crippen LogP contribution < -0.4 is 11.1 Å². The van der Waals surface area contributed by atoms with Crippen LogP contribution in [-0.4, -0.2) is 11.0 Å². The smallest absolute Gasteiger partial charge is 0.140 e. The Bertz CT molecular complexity index is 383. The first-order chi connectivity index (χ1) is 7.23. The summed E-state index contributed by atoms with van der Waals surface area (Å²) in [4.78, 5) is 4.31. The fourth-order valence-electron chi connectivity index (χ4n) is 1.11. The topological polar surface area (TPSA) is 50.9 Å². The van der Waals surface area contributed by atoms with Gasteiger partial charge >= 0.3 is 0 Å². The minimum Gasteiger partial charge on any atom is -0.397 e. The van der Waals surface area contributed by atoms with Gasteiger partial charge in [-0.1, -0.05) is 20.8 Å². The number of rotatable bonds is 2. The van der Waals surface area contributed by atoms with E-state index in [4.69, 9.17) is 5.73 Å². The summed E-state index contributed by atoms with van der Waals surface area (Å²) in [7, 11) is 0. The molecule has 90 valence electrons. The largest absolute Gasteiger partial charge is 0.397 e. The molecule has 0 aromatic carbocycles. The Morgan fingerprint density at radius 1 is 1.44 bits per heavy atom. The fourth-order valence-corrected chi connectivity index (χ4v) is 1.56. The molecular weight excluding hydrogens is 266 g/mol. The summed E-state index contributed by atoms with van der Waals surface area (Å²) >= 11 is 3.52. The Morgan fingerprint density at radius 2 is 2.00 bits per heavy atom. The second kappa shape index (κ2) is 4.62. The lowest BCUT2D eigenvalue weighted by molar-refractivity contribution is 0.358. The quantitative estimate of drug-likeness (QED) is 0.873. The highest BCUT2D eigenvalue weighted by atomic mass is 79.9. The number of nitrogen functional groups attached to an aromatic ring is 1. The van der Waals surface area contributed by atoms with Gasteiger partial charge in [0.05, 0.1) is 16.4 Å². The molecule has 0 bridgehead atoms. The van der Waals surface area contributed by atoms with Crippen LogP contribution in [0.25, 0.3) is 0 Å². The third-order valence-electron chi connectivity index (χ3n) is 2.96. The van der Waals surface area contributed by atoms with E-state index in [9.17, 15) is 0 Å². The maximum absolute atomic E-state index is 5.79. The van der Waals surface area contributed by atoms with Crippen molar-refractivity contribution in [1.29, 1.82) is 0 Å². The minimum absolute atomic E-state index is 0.191. The van der Waals surface area contributed by atoms with Gasteiger partial charge in [-0.25, -0.2) is 4.98 Å². The van der Waals surface area contributed by atoms with Gasteiger partial charge in [0.15, 0.2) is 0 Å². The van der Waals surface area contributed by atoms with Crippen molar-refractivity contribution < 1.29 is 0 Å². The lowest BCUT2D eigenvalue weighted by Gasteiger charge is -2.29. The highest BCUT2D eigenvalue weighted by molar-refractivity contribution is 9.10. The molecule has 1 aromatic rings. The summed E-state index contributed by atoms with van der Waals surface area (Å²) in [6, 6.07) is 0.333. The van der Waals surface area contributed by atoms with Crippen LogP contribution in [0.4, 0.5) is 11.5 Å². The number of nitrogens with two attached hydrogens (primary N) is 1. The van der Waals surface area contributed by atoms with Crippen LogP contribution in [0.3, 0.4) is 0 Å². The van der Waals surface area contributed by atoms with E-state index in [0.717, 1.165) is 15.9 Å². The average molecular weight is 286 g/mol. The average Bonchev–Trinajstić information content (AvgIpc) is 2.17. The Morgan fingerprint density at radius 3 is 2.50 bits per heavy atom. The number of hydrogen-bond donors (Lipinski definition) is 2. The van der Waals surface area contributed by atoms with Gasteiger partial charge < -0.3 is 11.1 Å². The predicted molar refractivity (Wildman–Crippen MR) is 73.6 cm³/mol. The summed E-state index contributed by atoms with van der Waals surface area (Å²) in [5.74, 6) is 0.856. The van der Waals surface area contributed by atoms with Crippen molar-refractivity contribution in [3.8, 4) is 0 Å². The van der Waals surface area contributed by atoms with Crippen molar-refractivity contribution in [2.45, 2.75) is 40.7 Å². The summed E-state index contributed by atoms with van der Waals surface area (Å²) in [6.07, 6.45) is 1.69. The van der Waals surface area contributed by atoms with Gasteiger partial charge in [-0.2, -0.15) is 0 Å². The van der Waals surface area contributed by atoms with Crippen molar-refractivity contribution in [3.05, 3.63) is 16.2 Å². The summed E-state index contributed by atoms with van der Waals surface area (Å²) in [5, 5.41) is 3.40. The van der Waals surface area contributed by atoms with E-state index in [1.165, 1.54) is 0 Å².